The first-order valence-electron chi connectivity index (χ1n) is 5.98. The second kappa shape index (κ2) is 5.83. The molecule has 15 heavy (non-hydrogen) atoms. The van der Waals surface area contributed by atoms with Crippen LogP contribution in [0.4, 0.5) is 0 Å². The molecule has 0 radical (unpaired) electrons. The van der Waals surface area contributed by atoms with Crippen molar-refractivity contribution in [2.75, 3.05) is 20.3 Å². The highest BCUT2D eigenvalue weighted by molar-refractivity contribution is 4.82. The number of hydrogen-bond donors (Lipinski definition) is 2. The molecule has 0 heterocycles. The van der Waals surface area contributed by atoms with Crippen LogP contribution >= 0.6 is 0 Å². The Morgan fingerprint density at radius 1 is 1.47 bits per heavy atom. The Labute approximate surface area is 93.2 Å². The zero-order valence-corrected chi connectivity index (χ0v) is 10.3. The first-order chi connectivity index (χ1) is 7.03. The zero-order chi connectivity index (χ0) is 11.3. The van der Waals surface area contributed by atoms with E-state index in [-0.39, 0.29) is 0 Å². The van der Waals surface area contributed by atoms with Crippen LogP contribution in [0.3, 0.4) is 0 Å². The summed E-state index contributed by atoms with van der Waals surface area (Å²) < 4.78 is 4.98. The Kier molecular flexibility index (Phi) is 5.03. The van der Waals surface area contributed by atoms with Crippen molar-refractivity contribution in [1.82, 2.24) is 5.32 Å². The van der Waals surface area contributed by atoms with Crippen molar-refractivity contribution in [2.24, 2.45) is 5.92 Å². The Morgan fingerprint density at radius 2 is 2.20 bits per heavy atom. The van der Waals surface area contributed by atoms with Gasteiger partial charge < -0.3 is 15.2 Å². The Bertz CT molecular complexity index is 182. The van der Waals surface area contributed by atoms with Gasteiger partial charge in [0.25, 0.3) is 0 Å². The molecule has 0 spiro atoms. The topological polar surface area (TPSA) is 41.5 Å². The zero-order valence-electron chi connectivity index (χ0n) is 10.3. The van der Waals surface area contributed by atoms with Crippen LogP contribution in [0.25, 0.3) is 0 Å². The van der Waals surface area contributed by atoms with Crippen LogP contribution in [-0.4, -0.2) is 37.0 Å². The van der Waals surface area contributed by atoms with Gasteiger partial charge in [0.1, 0.15) is 0 Å². The standard InChI is InChI=1S/C12H25NO2/c1-10-4-5-11(8-10)13-9-12(2,14)6-7-15-3/h10-11,13-14H,4-9H2,1-3H3. The maximum Gasteiger partial charge on any atom is 0.0765 e. The van der Waals surface area contributed by atoms with E-state index < -0.39 is 5.60 Å². The van der Waals surface area contributed by atoms with Crippen LogP contribution in [0.2, 0.25) is 0 Å². The van der Waals surface area contributed by atoms with E-state index in [1.54, 1.807) is 7.11 Å². The third-order valence-corrected chi connectivity index (χ3v) is 3.31. The number of ether oxygens (including phenoxy) is 1. The summed E-state index contributed by atoms with van der Waals surface area (Å²) in [7, 11) is 1.67. The van der Waals surface area contributed by atoms with Gasteiger partial charge in [-0.1, -0.05) is 6.92 Å². The SMILES string of the molecule is COCCC(C)(O)CNC1CCC(C)C1. The Morgan fingerprint density at radius 3 is 2.73 bits per heavy atom. The molecular formula is C12H25NO2. The number of aliphatic hydroxyl groups is 1. The lowest BCUT2D eigenvalue weighted by Crippen LogP contribution is -2.42. The van der Waals surface area contributed by atoms with Crippen LogP contribution < -0.4 is 5.32 Å². The number of hydrogen-bond acceptors (Lipinski definition) is 3. The van der Waals surface area contributed by atoms with Crippen molar-refractivity contribution in [3.8, 4) is 0 Å². The van der Waals surface area contributed by atoms with Gasteiger partial charge in [-0.2, -0.15) is 0 Å². The van der Waals surface area contributed by atoms with E-state index in [0.29, 0.717) is 25.6 Å². The Balaban J connectivity index is 2.17. The van der Waals surface area contributed by atoms with Gasteiger partial charge in [0.15, 0.2) is 0 Å². The molecule has 0 bridgehead atoms. The summed E-state index contributed by atoms with van der Waals surface area (Å²) >= 11 is 0. The second-order valence-electron chi connectivity index (χ2n) is 5.24. The minimum absolute atomic E-state index is 0.606. The van der Waals surface area contributed by atoms with E-state index in [0.717, 1.165) is 5.92 Å². The predicted octanol–water partition coefficient (Wildman–Crippen LogP) is 1.55. The molecule has 1 fully saturated rings. The van der Waals surface area contributed by atoms with E-state index in [1.807, 2.05) is 6.92 Å². The summed E-state index contributed by atoms with van der Waals surface area (Å²) in [6, 6.07) is 0.606. The molecule has 3 unspecified atom stereocenters. The molecule has 2 N–H and O–H groups in total. The minimum atomic E-state index is -0.637. The lowest BCUT2D eigenvalue weighted by Gasteiger charge is -2.25. The van der Waals surface area contributed by atoms with Gasteiger partial charge in [-0.15, -0.1) is 0 Å². The van der Waals surface area contributed by atoms with Crippen LogP contribution in [0.5, 0.6) is 0 Å². The average molecular weight is 215 g/mol. The van der Waals surface area contributed by atoms with E-state index in [9.17, 15) is 5.11 Å². The molecule has 1 aliphatic carbocycles. The summed E-state index contributed by atoms with van der Waals surface area (Å²) in [5.74, 6) is 0.839. The molecule has 0 saturated heterocycles. The van der Waals surface area contributed by atoms with E-state index >= 15 is 0 Å². The minimum Gasteiger partial charge on any atom is -0.389 e. The predicted molar refractivity (Wildman–Crippen MR) is 61.9 cm³/mol. The second-order valence-corrected chi connectivity index (χ2v) is 5.24. The molecule has 3 heteroatoms. The normalized spacial score (nSPS) is 30.4. The smallest absolute Gasteiger partial charge is 0.0765 e. The van der Waals surface area contributed by atoms with Crippen LogP contribution in [0.1, 0.15) is 39.5 Å². The summed E-state index contributed by atoms with van der Waals surface area (Å²) in [5.41, 5.74) is -0.637. The summed E-state index contributed by atoms with van der Waals surface area (Å²) in [4.78, 5) is 0. The first kappa shape index (κ1) is 12.9. The van der Waals surface area contributed by atoms with E-state index in [2.05, 4.69) is 12.2 Å². The quantitative estimate of drug-likeness (QED) is 0.706. The largest absolute Gasteiger partial charge is 0.389 e. The fourth-order valence-electron chi connectivity index (χ4n) is 2.17. The molecule has 0 aliphatic heterocycles. The highest BCUT2D eigenvalue weighted by Crippen LogP contribution is 2.24. The third kappa shape index (κ3) is 4.96. The Hall–Kier alpha value is -0.120. The van der Waals surface area contributed by atoms with Crippen molar-refractivity contribution in [1.29, 1.82) is 0 Å². The average Bonchev–Trinajstić information content (AvgIpc) is 2.59. The lowest BCUT2D eigenvalue weighted by atomic mass is 10.0. The van der Waals surface area contributed by atoms with Crippen molar-refractivity contribution >= 4 is 0 Å². The maximum absolute atomic E-state index is 10.0. The molecule has 0 amide bonds. The van der Waals surface area contributed by atoms with Gasteiger partial charge in [-0.3, -0.25) is 0 Å². The molecular weight excluding hydrogens is 190 g/mol. The summed E-state index contributed by atoms with van der Waals surface area (Å²) in [6.45, 7) is 5.46. The van der Waals surface area contributed by atoms with Crippen LogP contribution in [0, 0.1) is 5.92 Å². The summed E-state index contributed by atoms with van der Waals surface area (Å²) in [6.07, 6.45) is 4.51. The lowest BCUT2D eigenvalue weighted by molar-refractivity contribution is 0.0228. The molecule has 0 aromatic heterocycles. The van der Waals surface area contributed by atoms with Crippen molar-refractivity contribution in [3.05, 3.63) is 0 Å². The van der Waals surface area contributed by atoms with E-state index in [1.165, 1.54) is 19.3 Å². The fraction of sp³-hybridized carbons (Fsp3) is 1.00. The highest BCUT2D eigenvalue weighted by atomic mass is 16.5. The molecule has 90 valence electrons. The number of nitrogens with one attached hydrogen (secondary N) is 1. The molecule has 1 saturated carbocycles. The molecule has 3 atom stereocenters. The monoisotopic (exact) mass is 215 g/mol. The van der Waals surface area contributed by atoms with Gasteiger partial charge in [-0.05, 0) is 32.1 Å². The van der Waals surface area contributed by atoms with Crippen LogP contribution in [0.15, 0.2) is 0 Å². The molecule has 0 aromatic carbocycles. The van der Waals surface area contributed by atoms with E-state index in [4.69, 9.17) is 4.74 Å². The molecule has 0 aromatic rings. The van der Waals surface area contributed by atoms with Crippen molar-refractivity contribution < 1.29 is 9.84 Å². The van der Waals surface area contributed by atoms with Gasteiger partial charge in [0.05, 0.1) is 5.60 Å². The number of methoxy groups -OCH3 is 1. The fourth-order valence-corrected chi connectivity index (χ4v) is 2.17. The van der Waals surface area contributed by atoms with Gasteiger partial charge in [0.2, 0.25) is 0 Å². The third-order valence-electron chi connectivity index (χ3n) is 3.31. The van der Waals surface area contributed by atoms with Crippen molar-refractivity contribution in [3.63, 3.8) is 0 Å². The van der Waals surface area contributed by atoms with Crippen molar-refractivity contribution in [2.45, 2.75) is 51.2 Å². The molecule has 1 aliphatic rings. The molecule has 1 rings (SSSR count). The highest BCUT2D eigenvalue weighted by Gasteiger charge is 2.25. The maximum atomic E-state index is 10.0. The first-order valence-corrected chi connectivity index (χ1v) is 5.98. The number of rotatable bonds is 6. The van der Waals surface area contributed by atoms with Gasteiger partial charge in [0, 0.05) is 32.7 Å². The molecule has 3 nitrogen and oxygen atoms in total. The summed E-state index contributed by atoms with van der Waals surface area (Å²) in [5, 5.41) is 13.5. The van der Waals surface area contributed by atoms with Crippen LogP contribution in [-0.2, 0) is 4.74 Å². The van der Waals surface area contributed by atoms with Gasteiger partial charge >= 0.3 is 0 Å². The van der Waals surface area contributed by atoms with Gasteiger partial charge in [-0.25, -0.2) is 0 Å².